The maximum atomic E-state index is 12.0. The van der Waals surface area contributed by atoms with Crippen LogP contribution in [0.15, 0.2) is 30.7 Å². The minimum atomic E-state index is -0.561. The van der Waals surface area contributed by atoms with Gasteiger partial charge < -0.3 is 19.9 Å². The summed E-state index contributed by atoms with van der Waals surface area (Å²) in [5.74, 6) is 1.45. The number of anilines is 1. The van der Waals surface area contributed by atoms with E-state index >= 15 is 0 Å². The molecule has 7 nitrogen and oxygen atoms in total. The first-order chi connectivity index (χ1) is 11.6. The molecule has 1 saturated heterocycles. The Balaban J connectivity index is 1.70. The number of rotatable bonds is 4. The normalized spacial score (nSPS) is 16.9. The molecule has 0 radical (unpaired) electrons. The topological polar surface area (TPSA) is 83.3 Å². The number of aliphatic hydroxyl groups excluding tert-OH is 1. The Morgan fingerprint density at radius 1 is 1.33 bits per heavy atom. The summed E-state index contributed by atoms with van der Waals surface area (Å²) in [5, 5.41) is 13.2. The quantitative estimate of drug-likeness (QED) is 0.878. The van der Waals surface area contributed by atoms with Crippen LogP contribution < -0.4 is 10.2 Å². The standard InChI is InChI=1S/C17H23N5O2/c1-18-17(24)13-4-3-7-19-15(13)22-9-5-12(6-10-22)14(23)16-20-8-11-21(16)2/h3-4,7-8,11-12,14,23H,5-6,9-10H2,1-2H3,(H,18,24). The Kier molecular flexibility index (Phi) is 4.80. The van der Waals surface area contributed by atoms with Crippen LogP contribution in [0.4, 0.5) is 5.82 Å². The molecule has 3 rings (SSSR count). The van der Waals surface area contributed by atoms with E-state index in [-0.39, 0.29) is 11.8 Å². The van der Waals surface area contributed by atoms with Crippen LogP contribution in [-0.4, -0.2) is 45.7 Å². The van der Waals surface area contributed by atoms with Gasteiger partial charge in [0.25, 0.3) is 5.91 Å². The first-order valence-corrected chi connectivity index (χ1v) is 8.19. The molecule has 0 aliphatic carbocycles. The van der Waals surface area contributed by atoms with Crippen molar-refractivity contribution in [2.45, 2.75) is 18.9 Å². The SMILES string of the molecule is CNC(=O)c1cccnc1N1CCC(C(O)c2nccn2C)CC1. The number of piperidine rings is 1. The molecule has 0 aromatic carbocycles. The summed E-state index contributed by atoms with van der Waals surface area (Å²) in [5.41, 5.74) is 0.586. The number of aryl methyl sites for hydroxylation is 1. The zero-order valence-electron chi connectivity index (χ0n) is 14.0. The van der Waals surface area contributed by atoms with Crippen LogP contribution in [0.25, 0.3) is 0 Å². The molecule has 1 fully saturated rings. The molecule has 0 spiro atoms. The molecule has 1 atom stereocenters. The van der Waals surface area contributed by atoms with Crippen LogP contribution in [0, 0.1) is 5.92 Å². The summed E-state index contributed by atoms with van der Waals surface area (Å²) >= 11 is 0. The van der Waals surface area contributed by atoms with Crippen LogP contribution in [0.1, 0.15) is 35.1 Å². The highest BCUT2D eigenvalue weighted by Gasteiger charge is 2.30. The molecule has 1 unspecified atom stereocenters. The number of aliphatic hydroxyl groups is 1. The lowest BCUT2D eigenvalue weighted by molar-refractivity contribution is 0.0822. The molecule has 0 saturated carbocycles. The summed E-state index contributed by atoms with van der Waals surface area (Å²) in [7, 11) is 3.51. The maximum absolute atomic E-state index is 12.0. The second-order valence-electron chi connectivity index (χ2n) is 6.12. The van der Waals surface area contributed by atoms with Crippen LogP contribution >= 0.6 is 0 Å². The van der Waals surface area contributed by atoms with Gasteiger partial charge in [0.2, 0.25) is 0 Å². The van der Waals surface area contributed by atoms with E-state index in [1.54, 1.807) is 31.6 Å². The van der Waals surface area contributed by atoms with Crippen molar-refractivity contribution in [2.75, 3.05) is 25.0 Å². The van der Waals surface area contributed by atoms with Gasteiger partial charge in [-0.05, 0) is 30.9 Å². The third-order valence-electron chi connectivity index (χ3n) is 4.67. The van der Waals surface area contributed by atoms with Crippen LogP contribution in [-0.2, 0) is 7.05 Å². The number of aromatic nitrogens is 3. The van der Waals surface area contributed by atoms with Gasteiger partial charge in [0, 0.05) is 45.8 Å². The summed E-state index contributed by atoms with van der Waals surface area (Å²) in [6.45, 7) is 1.51. The van der Waals surface area contributed by atoms with Crippen LogP contribution in [0.5, 0.6) is 0 Å². The highest BCUT2D eigenvalue weighted by atomic mass is 16.3. The molecule has 7 heteroatoms. The minimum absolute atomic E-state index is 0.131. The first kappa shape index (κ1) is 16.4. The van der Waals surface area contributed by atoms with Crippen molar-refractivity contribution in [1.29, 1.82) is 0 Å². The third-order valence-corrected chi connectivity index (χ3v) is 4.67. The van der Waals surface area contributed by atoms with Gasteiger partial charge in [-0.25, -0.2) is 9.97 Å². The number of carbonyl (C=O) groups excluding carboxylic acids is 1. The lowest BCUT2D eigenvalue weighted by atomic mass is 9.90. The fraction of sp³-hybridized carbons (Fsp3) is 0.471. The van der Waals surface area contributed by atoms with E-state index in [1.807, 2.05) is 17.8 Å². The van der Waals surface area contributed by atoms with Gasteiger partial charge in [0.05, 0.1) is 5.56 Å². The minimum Gasteiger partial charge on any atom is -0.385 e. The molecule has 1 aliphatic rings. The molecule has 1 amide bonds. The molecule has 128 valence electrons. The summed E-state index contributed by atoms with van der Waals surface area (Å²) in [6, 6.07) is 3.56. The van der Waals surface area contributed by atoms with Crippen molar-refractivity contribution in [3.8, 4) is 0 Å². The molecule has 1 aliphatic heterocycles. The number of nitrogens with zero attached hydrogens (tertiary/aromatic N) is 4. The summed E-state index contributed by atoms with van der Waals surface area (Å²) < 4.78 is 1.86. The van der Waals surface area contributed by atoms with Crippen molar-refractivity contribution >= 4 is 11.7 Å². The fourth-order valence-electron chi connectivity index (χ4n) is 3.26. The van der Waals surface area contributed by atoms with Gasteiger partial charge in [-0.1, -0.05) is 0 Å². The highest BCUT2D eigenvalue weighted by molar-refractivity contribution is 5.98. The zero-order valence-corrected chi connectivity index (χ0v) is 14.0. The Labute approximate surface area is 141 Å². The van der Waals surface area contributed by atoms with Gasteiger partial charge in [-0.3, -0.25) is 4.79 Å². The van der Waals surface area contributed by atoms with Crippen molar-refractivity contribution in [3.05, 3.63) is 42.1 Å². The monoisotopic (exact) mass is 329 g/mol. The van der Waals surface area contributed by atoms with Gasteiger partial charge in [-0.15, -0.1) is 0 Å². The zero-order chi connectivity index (χ0) is 17.1. The van der Waals surface area contributed by atoms with Crippen LogP contribution in [0.2, 0.25) is 0 Å². The number of hydrogen-bond acceptors (Lipinski definition) is 5. The van der Waals surface area contributed by atoms with Crippen molar-refractivity contribution < 1.29 is 9.90 Å². The number of carbonyl (C=O) groups is 1. The average Bonchev–Trinajstić information content (AvgIpc) is 3.06. The third kappa shape index (κ3) is 3.12. The first-order valence-electron chi connectivity index (χ1n) is 8.19. The Morgan fingerprint density at radius 3 is 2.71 bits per heavy atom. The molecular formula is C17H23N5O2. The number of nitrogens with one attached hydrogen (secondary N) is 1. The van der Waals surface area contributed by atoms with E-state index in [4.69, 9.17) is 0 Å². The van der Waals surface area contributed by atoms with Gasteiger partial charge in [0.15, 0.2) is 0 Å². The molecule has 2 aromatic rings. The Bertz CT molecular complexity index is 707. The lowest BCUT2D eigenvalue weighted by Crippen LogP contribution is -2.38. The lowest BCUT2D eigenvalue weighted by Gasteiger charge is -2.35. The average molecular weight is 329 g/mol. The van der Waals surface area contributed by atoms with E-state index in [0.717, 1.165) is 25.9 Å². The predicted octanol–water partition coefficient (Wildman–Crippen LogP) is 1.12. The second-order valence-corrected chi connectivity index (χ2v) is 6.12. The number of imidazole rings is 1. The summed E-state index contributed by atoms with van der Waals surface area (Å²) in [4.78, 5) is 22.8. The fourth-order valence-corrected chi connectivity index (χ4v) is 3.26. The summed E-state index contributed by atoms with van der Waals surface area (Å²) in [6.07, 6.45) is 6.36. The Hall–Kier alpha value is -2.41. The van der Waals surface area contributed by atoms with Crippen molar-refractivity contribution in [1.82, 2.24) is 19.9 Å². The van der Waals surface area contributed by atoms with Crippen molar-refractivity contribution in [2.24, 2.45) is 13.0 Å². The van der Waals surface area contributed by atoms with Gasteiger partial charge in [-0.2, -0.15) is 0 Å². The molecule has 24 heavy (non-hydrogen) atoms. The largest absolute Gasteiger partial charge is 0.385 e. The van der Waals surface area contributed by atoms with Crippen LogP contribution in [0.3, 0.4) is 0 Å². The highest BCUT2D eigenvalue weighted by Crippen LogP contribution is 2.32. The molecular weight excluding hydrogens is 306 g/mol. The molecule has 0 bridgehead atoms. The van der Waals surface area contributed by atoms with E-state index in [1.165, 1.54) is 0 Å². The second kappa shape index (κ2) is 7.00. The van der Waals surface area contributed by atoms with Crippen molar-refractivity contribution in [3.63, 3.8) is 0 Å². The van der Waals surface area contributed by atoms with Gasteiger partial charge >= 0.3 is 0 Å². The smallest absolute Gasteiger partial charge is 0.254 e. The molecule has 2 N–H and O–H groups in total. The number of amides is 1. The molecule has 3 heterocycles. The Morgan fingerprint density at radius 2 is 2.08 bits per heavy atom. The number of hydrogen-bond donors (Lipinski definition) is 2. The predicted molar refractivity (Wildman–Crippen MR) is 90.7 cm³/mol. The molecule has 2 aromatic heterocycles. The van der Waals surface area contributed by atoms with E-state index in [0.29, 0.717) is 17.2 Å². The maximum Gasteiger partial charge on any atom is 0.254 e. The van der Waals surface area contributed by atoms with E-state index in [9.17, 15) is 9.90 Å². The van der Waals surface area contributed by atoms with E-state index in [2.05, 4.69) is 20.2 Å². The van der Waals surface area contributed by atoms with E-state index < -0.39 is 6.10 Å². The van der Waals surface area contributed by atoms with Gasteiger partial charge in [0.1, 0.15) is 17.7 Å². The number of pyridine rings is 1.